The third-order valence-corrected chi connectivity index (χ3v) is 7.94. The topological polar surface area (TPSA) is 175 Å². The minimum Gasteiger partial charge on any atom is -0.508 e. The van der Waals surface area contributed by atoms with Crippen LogP contribution in [-0.4, -0.2) is 61.2 Å². The second-order valence-electron chi connectivity index (χ2n) is 10.2. The Bertz CT molecular complexity index is 1810. The summed E-state index contributed by atoms with van der Waals surface area (Å²) in [6, 6.07) is 13.3. The Labute approximate surface area is 242 Å². The van der Waals surface area contributed by atoms with Crippen LogP contribution in [0.15, 0.2) is 59.5 Å². The highest BCUT2D eigenvalue weighted by molar-refractivity contribution is 7.85. The molecule has 42 heavy (non-hydrogen) atoms. The van der Waals surface area contributed by atoms with Crippen LogP contribution in [0.4, 0.5) is 0 Å². The van der Waals surface area contributed by atoms with Gasteiger partial charge >= 0.3 is 0 Å². The lowest BCUT2D eigenvalue weighted by Gasteiger charge is -2.15. The fourth-order valence-corrected chi connectivity index (χ4v) is 5.42. The maximum Gasteiger partial charge on any atom is 0.294 e. The summed E-state index contributed by atoms with van der Waals surface area (Å²) in [5.41, 5.74) is 3.36. The molecule has 12 nitrogen and oxygen atoms in total. The number of hydrogen-bond donors (Lipinski definition) is 4. The van der Waals surface area contributed by atoms with Crippen LogP contribution in [0.5, 0.6) is 11.5 Å². The van der Waals surface area contributed by atoms with E-state index in [4.69, 9.17) is 0 Å². The molecule has 4 aromatic rings. The second-order valence-corrected chi connectivity index (χ2v) is 11.7. The molecule has 0 aliphatic carbocycles. The van der Waals surface area contributed by atoms with Crippen molar-refractivity contribution >= 4 is 21.9 Å². The van der Waals surface area contributed by atoms with Gasteiger partial charge in [0.2, 0.25) is 5.82 Å². The van der Waals surface area contributed by atoms with Crippen LogP contribution in [0.1, 0.15) is 64.4 Å². The first-order chi connectivity index (χ1) is 19.9. The largest absolute Gasteiger partial charge is 0.508 e. The van der Waals surface area contributed by atoms with Crippen molar-refractivity contribution in [2.24, 2.45) is 0 Å². The molecule has 0 saturated carbocycles. The van der Waals surface area contributed by atoms with Gasteiger partial charge in [-0.15, -0.1) is 10.2 Å². The van der Waals surface area contributed by atoms with E-state index in [2.05, 4.69) is 15.5 Å². The van der Waals surface area contributed by atoms with E-state index in [0.717, 1.165) is 11.1 Å². The average Bonchev–Trinajstić information content (AvgIpc) is 3.56. The first kappa shape index (κ1) is 28.8. The van der Waals surface area contributed by atoms with E-state index in [1.54, 1.807) is 24.0 Å². The van der Waals surface area contributed by atoms with Crippen molar-refractivity contribution in [2.75, 3.05) is 6.54 Å². The number of nitrogens with zero attached hydrogens (tertiary/aromatic N) is 4. The third-order valence-electron chi connectivity index (χ3n) is 7.07. The van der Waals surface area contributed by atoms with E-state index in [0.29, 0.717) is 24.3 Å². The third kappa shape index (κ3) is 5.31. The number of phenolic OH excluding ortho intramolecular Hbond substituents is 2. The Kier molecular flexibility index (Phi) is 7.47. The lowest BCUT2D eigenvalue weighted by atomic mass is 9.98. The molecule has 3 aromatic carbocycles. The van der Waals surface area contributed by atoms with E-state index in [9.17, 15) is 32.8 Å². The Morgan fingerprint density at radius 3 is 2.29 bits per heavy atom. The first-order valence-electron chi connectivity index (χ1n) is 13.2. The summed E-state index contributed by atoms with van der Waals surface area (Å²) in [7, 11) is -4.38. The van der Waals surface area contributed by atoms with Crippen LogP contribution < -0.4 is 5.32 Å². The van der Waals surface area contributed by atoms with Crippen molar-refractivity contribution in [3.63, 3.8) is 0 Å². The predicted molar refractivity (Wildman–Crippen MR) is 152 cm³/mol. The van der Waals surface area contributed by atoms with Crippen molar-refractivity contribution in [1.29, 1.82) is 0 Å². The van der Waals surface area contributed by atoms with Gasteiger partial charge in [0.25, 0.3) is 21.9 Å². The summed E-state index contributed by atoms with van der Waals surface area (Å²) in [5, 5.41) is 32.2. The van der Waals surface area contributed by atoms with Gasteiger partial charge in [-0.25, -0.2) is 0 Å². The van der Waals surface area contributed by atoms with Crippen LogP contribution in [-0.2, 0) is 23.2 Å². The number of benzene rings is 3. The number of nitrogens with one attached hydrogen (secondary N) is 1. The minimum atomic E-state index is -4.38. The van der Waals surface area contributed by atoms with Gasteiger partial charge in [0.1, 0.15) is 11.5 Å². The van der Waals surface area contributed by atoms with Crippen LogP contribution >= 0.6 is 0 Å². The van der Waals surface area contributed by atoms with E-state index >= 15 is 0 Å². The number of aromatic hydroxyl groups is 2. The standard InChI is InChI=1S/C29H29N5O7S/c1-4-30-28(37)27-32-31-26(23-12-22(16(2)3)24(35)13-25(23)36)34(27)20-8-5-18-14-33(15-19(18)11-20)29(38)17-6-9-21(10-7-17)42(39,40)41/h5-13,16,35-36H,4,14-15H2,1-3H3,(H,30,37)(H,39,40,41). The normalized spacial score (nSPS) is 12.9. The number of amides is 2. The monoisotopic (exact) mass is 591 g/mol. The average molecular weight is 592 g/mol. The number of carbonyl (C=O) groups excluding carboxylic acids is 2. The molecular formula is C29H29N5O7S. The van der Waals surface area contributed by atoms with Crippen LogP contribution in [0.25, 0.3) is 17.1 Å². The molecule has 0 fully saturated rings. The lowest BCUT2D eigenvalue weighted by Crippen LogP contribution is -2.26. The molecule has 0 unspecified atom stereocenters. The van der Waals surface area contributed by atoms with Gasteiger partial charge in [-0.1, -0.05) is 19.9 Å². The van der Waals surface area contributed by atoms with E-state index in [-0.39, 0.29) is 57.5 Å². The lowest BCUT2D eigenvalue weighted by molar-refractivity contribution is 0.0751. The Hall–Kier alpha value is -4.75. The molecule has 1 aliphatic rings. The summed E-state index contributed by atoms with van der Waals surface area (Å²) in [6.45, 7) is 6.49. The molecule has 13 heteroatoms. The van der Waals surface area contributed by atoms with Gasteiger partial charge in [0.15, 0.2) is 5.82 Å². The van der Waals surface area contributed by atoms with Gasteiger partial charge in [-0.3, -0.25) is 18.7 Å². The van der Waals surface area contributed by atoms with Crippen LogP contribution in [0.2, 0.25) is 0 Å². The Morgan fingerprint density at radius 1 is 0.952 bits per heavy atom. The molecule has 0 radical (unpaired) electrons. The number of rotatable bonds is 7. The van der Waals surface area contributed by atoms with Crippen molar-refractivity contribution in [2.45, 2.75) is 44.7 Å². The molecule has 1 aliphatic heterocycles. The highest BCUT2D eigenvalue weighted by atomic mass is 32.2. The Morgan fingerprint density at radius 2 is 1.64 bits per heavy atom. The fraction of sp³-hybridized carbons (Fsp3) is 0.241. The molecule has 0 spiro atoms. The highest BCUT2D eigenvalue weighted by Gasteiger charge is 2.28. The van der Waals surface area contributed by atoms with Crippen LogP contribution in [0.3, 0.4) is 0 Å². The highest BCUT2D eigenvalue weighted by Crippen LogP contribution is 2.38. The van der Waals surface area contributed by atoms with Gasteiger partial charge in [0, 0.05) is 37.0 Å². The van der Waals surface area contributed by atoms with Crippen molar-refractivity contribution in [3.8, 4) is 28.6 Å². The maximum atomic E-state index is 13.2. The van der Waals surface area contributed by atoms with E-state index in [1.807, 2.05) is 26.0 Å². The number of hydrogen-bond acceptors (Lipinski definition) is 8. The smallest absolute Gasteiger partial charge is 0.294 e. The molecule has 0 bridgehead atoms. The van der Waals surface area contributed by atoms with Crippen molar-refractivity contribution < 1.29 is 32.8 Å². The van der Waals surface area contributed by atoms with Gasteiger partial charge in [0.05, 0.1) is 10.5 Å². The van der Waals surface area contributed by atoms with E-state index in [1.165, 1.54) is 34.9 Å². The Balaban J connectivity index is 1.53. The summed E-state index contributed by atoms with van der Waals surface area (Å²) >= 11 is 0. The quantitative estimate of drug-likeness (QED) is 0.234. The van der Waals surface area contributed by atoms with Gasteiger partial charge in [-0.2, -0.15) is 8.42 Å². The van der Waals surface area contributed by atoms with E-state index < -0.39 is 16.0 Å². The zero-order valence-electron chi connectivity index (χ0n) is 23.1. The second kappa shape index (κ2) is 10.9. The first-order valence-corrected chi connectivity index (χ1v) is 14.6. The molecule has 5 rings (SSSR count). The molecule has 2 heterocycles. The summed E-state index contributed by atoms with van der Waals surface area (Å²) in [4.78, 5) is 27.4. The molecule has 218 valence electrons. The molecule has 4 N–H and O–H groups in total. The number of aromatic nitrogens is 3. The molecular weight excluding hydrogens is 562 g/mol. The minimum absolute atomic E-state index is 0.00442. The maximum absolute atomic E-state index is 13.2. The number of phenols is 2. The molecule has 1 aromatic heterocycles. The molecule has 0 saturated heterocycles. The predicted octanol–water partition coefficient (Wildman–Crippen LogP) is 3.62. The zero-order chi connectivity index (χ0) is 30.3. The van der Waals surface area contributed by atoms with Crippen molar-refractivity contribution in [3.05, 3.63) is 82.7 Å². The van der Waals surface area contributed by atoms with Gasteiger partial charge < -0.3 is 20.4 Å². The summed E-state index contributed by atoms with van der Waals surface area (Å²) in [5.74, 6) is -0.948. The SMILES string of the molecule is CCNC(=O)c1nnc(-c2cc(C(C)C)c(O)cc2O)n1-c1ccc2c(c1)CN(C(=O)c1ccc(S(=O)(=O)O)cc1)C2. The summed E-state index contributed by atoms with van der Waals surface area (Å²) in [6.07, 6.45) is 0. The number of carbonyl (C=O) groups is 2. The zero-order valence-corrected chi connectivity index (χ0v) is 23.9. The molecule has 0 atom stereocenters. The number of fused-ring (bicyclic) bond motifs is 1. The van der Waals surface area contributed by atoms with Crippen LogP contribution in [0, 0.1) is 0 Å². The van der Waals surface area contributed by atoms with Crippen molar-refractivity contribution in [1.82, 2.24) is 25.0 Å². The summed E-state index contributed by atoms with van der Waals surface area (Å²) < 4.78 is 33.4. The fourth-order valence-electron chi connectivity index (χ4n) is 4.94. The molecule has 2 amide bonds. The van der Waals surface area contributed by atoms with Gasteiger partial charge in [-0.05, 0) is 72.0 Å².